The molecular formula is C15H22N4O. The molecule has 1 saturated heterocycles. The standard InChI is InChI=1S/C15H22N4O/c1-3-11-8-14(17-10(2)16-11)19-9-15(20)18-12-6-4-5-7-13(12)19/h8,12-13H,3-7,9H2,1-2H3,(H,18,20). The number of carbonyl (C=O) groups is 1. The van der Waals surface area contributed by atoms with Gasteiger partial charge in [-0.1, -0.05) is 19.8 Å². The molecule has 1 aliphatic carbocycles. The summed E-state index contributed by atoms with van der Waals surface area (Å²) < 4.78 is 0. The number of amides is 1. The predicted octanol–water partition coefficient (Wildman–Crippen LogP) is 1.59. The fraction of sp³-hybridized carbons (Fsp3) is 0.667. The summed E-state index contributed by atoms with van der Waals surface area (Å²) in [6.07, 6.45) is 5.55. The van der Waals surface area contributed by atoms with Crippen LogP contribution in [-0.2, 0) is 11.2 Å². The number of hydrogen-bond donors (Lipinski definition) is 1. The molecule has 1 amide bonds. The van der Waals surface area contributed by atoms with Gasteiger partial charge in [-0.3, -0.25) is 4.79 Å². The van der Waals surface area contributed by atoms with E-state index >= 15 is 0 Å². The van der Waals surface area contributed by atoms with Crippen molar-refractivity contribution < 1.29 is 4.79 Å². The van der Waals surface area contributed by atoms with Crippen molar-refractivity contribution in [1.82, 2.24) is 15.3 Å². The van der Waals surface area contributed by atoms with E-state index in [1.165, 1.54) is 12.8 Å². The van der Waals surface area contributed by atoms with Crippen LogP contribution in [0.1, 0.15) is 44.1 Å². The highest BCUT2D eigenvalue weighted by Crippen LogP contribution is 2.29. The van der Waals surface area contributed by atoms with Gasteiger partial charge >= 0.3 is 0 Å². The van der Waals surface area contributed by atoms with Gasteiger partial charge < -0.3 is 10.2 Å². The van der Waals surface area contributed by atoms with E-state index in [0.717, 1.165) is 36.6 Å². The number of rotatable bonds is 2. The molecule has 1 N–H and O–H groups in total. The van der Waals surface area contributed by atoms with Gasteiger partial charge in [-0.2, -0.15) is 0 Å². The van der Waals surface area contributed by atoms with Gasteiger partial charge in [-0.05, 0) is 26.2 Å². The monoisotopic (exact) mass is 274 g/mol. The molecule has 0 radical (unpaired) electrons. The van der Waals surface area contributed by atoms with Crippen LogP contribution < -0.4 is 10.2 Å². The molecule has 5 nitrogen and oxygen atoms in total. The van der Waals surface area contributed by atoms with E-state index < -0.39 is 0 Å². The fourth-order valence-corrected chi connectivity index (χ4v) is 3.37. The zero-order valence-corrected chi connectivity index (χ0v) is 12.2. The summed E-state index contributed by atoms with van der Waals surface area (Å²) in [5.41, 5.74) is 1.05. The molecule has 0 aromatic carbocycles. The highest BCUT2D eigenvalue weighted by atomic mass is 16.2. The molecule has 1 aromatic rings. The van der Waals surface area contributed by atoms with Gasteiger partial charge in [-0.25, -0.2) is 9.97 Å². The second-order valence-electron chi connectivity index (χ2n) is 5.77. The van der Waals surface area contributed by atoms with Gasteiger partial charge in [0.2, 0.25) is 5.91 Å². The van der Waals surface area contributed by atoms with Crippen molar-refractivity contribution in [1.29, 1.82) is 0 Å². The lowest BCUT2D eigenvalue weighted by molar-refractivity contribution is -0.122. The molecule has 3 rings (SSSR count). The average molecular weight is 274 g/mol. The number of piperazine rings is 1. The third kappa shape index (κ3) is 2.49. The predicted molar refractivity (Wildman–Crippen MR) is 77.7 cm³/mol. The molecule has 2 unspecified atom stereocenters. The normalized spacial score (nSPS) is 26.1. The summed E-state index contributed by atoms with van der Waals surface area (Å²) in [4.78, 5) is 23.1. The molecule has 0 spiro atoms. The summed E-state index contributed by atoms with van der Waals surface area (Å²) >= 11 is 0. The van der Waals surface area contributed by atoms with Crippen molar-refractivity contribution >= 4 is 11.7 Å². The first kappa shape index (κ1) is 13.3. The van der Waals surface area contributed by atoms with Crippen LogP contribution in [0, 0.1) is 6.92 Å². The van der Waals surface area contributed by atoms with Crippen LogP contribution in [0.3, 0.4) is 0 Å². The maximum Gasteiger partial charge on any atom is 0.239 e. The third-order valence-electron chi connectivity index (χ3n) is 4.32. The lowest BCUT2D eigenvalue weighted by Crippen LogP contribution is -2.62. The maximum atomic E-state index is 11.9. The van der Waals surface area contributed by atoms with E-state index in [0.29, 0.717) is 12.6 Å². The van der Waals surface area contributed by atoms with Crippen LogP contribution in [0.25, 0.3) is 0 Å². The van der Waals surface area contributed by atoms with Crippen molar-refractivity contribution in [2.24, 2.45) is 0 Å². The van der Waals surface area contributed by atoms with E-state index in [4.69, 9.17) is 0 Å². The Bertz CT molecular complexity index is 517. The number of carbonyl (C=O) groups excluding carboxylic acids is 1. The summed E-state index contributed by atoms with van der Waals surface area (Å²) in [5.74, 6) is 1.82. The van der Waals surface area contributed by atoms with Crippen molar-refractivity contribution in [3.8, 4) is 0 Å². The summed E-state index contributed by atoms with van der Waals surface area (Å²) in [7, 11) is 0. The van der Waals surface area contributed by atoms with Gasteiger partial charge in [-0.15, -0.1) is 0 Å². The smallest absolute Gasteiger partial charge is 0.239 e. The maximum absolute atomic E-state index is 11.9. The van der Waals surface area contributed by atoms with Crippen molar-refractivity contribution in [2.45, 2.75) is 58.0 Å². The Morgan fingerprint density at radius 2 is 2.15 bits per heavy atom. The van der Waals surface area contributed by atoms with E-state index in [-0.39, 0.29) is 11.9 Å². The number of aromatic nitrogens is 2. The molecule has 2 aliphatic rings. The molecule has 2 fully saturated rings. The van der Waals surface area contributed by atoms with E-state index in [1.54, 1.807) is 0 Å². The number of nitrogens with one attached hydrogen (secondary N) is 1. The van der Waals surface area contributed by atoms with Crippen LogP contribution in [0.5, 0.6) is 0 Å². The van der Waals surface area contributed by atoms with Crippen LogP contribution in [0.4, 0.5) is 5.82 Å². The Morgan fingerprint density at radius 1 is 1.35 bits per heavy atom. The number of hydrogen-bond acceptors (Lipinski definition) is 4. The molecule has 108 valence electrons. The zero-order valence-electron chi connectivity index (χ0n) is 12.2. The lowest BCUT2D eigenvalue weighted by atomic mass is 9.87. The van der Waals surface area contributed by atoms with Crippen LogP contribution >= 0.6 is 0 Å². The highest BCUT2D eigenvalue weighted by molar-refractivity contribution is 5.83. The van der Waals surface area contributed by atoms with Crippen LogP contribution in [0.2, 0.25) is 0 Å². The molecule has 0 bridgehead atoms. The van der Waals surface area contributed by atoms with Gasteiger partial charge in [0.15, 0.2) is 0 Å². The van der Waals surface area contributed by atoms with E-state index in [1.807, 2.05) is 13.0 Å². The van der Waals surface area contributed by atoms with Gasteiger partial charge in [0.1, 0.15) is 11.6 Å². The SMILES string of the molecule is CCc1cc(N2CC(=O)NC3CCCCC32)nc(C)n1. The second kappa shape index (κ2) is 5.38. The largest absolute Gasteiger partial charge is 0.350 e. The minimum atomic E-state index is 0.113. The first-order valence-corrected chi connectivity index (χ1v) is 7.58. The Hall–Kier alpha value is -1.65. The Morgan fingerprint density at radius 3 is 2.95 bits per heavy atom. The Balaban J connectivity index is 1.93. The third-order valence-corrected chi connectivity index (χ3v) is 4.32. The summed E-state index contributed by atoms with van der Waals surface area (Å²) in [6.45, 7) is 4.43. The van der Waals surface area contributed by atoms with Crippen molar-refractivity contribution in [2.75, 3.05) is 11.4 Å². The highest BCUT2D eigenvalue weighted by Gasteiger charge is 2.37. The Labute approximate surface area is 119 Å². The molecule has 2 atom stereocenters. The molecule has 20 heavy (non-hydrogen) atoms. The number of fused-ring (bicyclic) bond motifs is 1. The lowest BCUT2D eigenvalue weighted by Gasteiger charge is -2.44. The van der Waals surface area contributed by atoms with Crippen LogP contribution in [-0.4, -0.2) is 34.5 Å². The second-order valence-corrected chi connectivity index (χ2v) is 5.77. The van der Waals surface area contributed by atoms with Crippen LogP contribution in [0.15, 0.2) is 6.07 Å². The topological polar surface area (TPSA) is 58.1 Å². The van der Waals surface area contributed by atoms with E-state index in [2.05, 4.69) is 27.1 Å². The Kier molecular flexibility index (Phi) is 3.59. The zero-order chi connectivity index (χ0) is 14.1. The molecule has 1 aliphatic heterocycles. The fourth-order valence-electron chi connectivity index (χ4n) is 3.37. The molecule has 1 saturated carbocycles. The first-order valence-electron chi connectivity index (χ1n) is 7.58. The minimum absolute atomic E-state index is 0.113. The molecular weight excluding hydrogens is 252 g/mol. The van der Waals surface area contributed by atoms with Crippen molar-refractivity contribution in [3.63, 3.8) is 0 Å². The molecule has 5 heteroatoms. The quantitative estimate of drug-likeness (QED) is 0.890. The number of nitrogens with zero attached hydrogens (tertiary/aromatic N) is 3. The van der Waals surface area contributed by atoms with Gasteiger partial charge in [0, 0.05) is 17.8 Å². The van der Waals surface area contributed by atoms with E-state index in [9.17, 15) is 4.79 Å². The molecule has 1 aromatic heterocycles. The molecule has 2 heterocycles. The van der Waals surface area contributed by atoms with Crippen molar-refractivity contribution in [3.05, 3.63) is 17.6 Å². The minimum Gasteiger partial charge on any atom is -0.350 e. The first-order chi connectivity index (χ1) is 9.67. The number of aryl methyl sites for hydroxylation is 2. The number of anilines is 1. The van der Waals surface area contributed by atoms with Gasteiger partial charge in [0.25, 0.3) is 0 Å². The summed E-state index contributed by atoms with van der Waals surface area (Å²) in [5, 5.41) is 3.14. The average Bonchev–Trinajstić information content (AvgIpc) is 2.45. The summed E-state index contributed by atoms with van der Waals surface area (Å²) in [6, 6.07) is 2.71. The van der Waals surface area contributed by atoms with Gasteiger partial charge in [0.05, 0.1) is 12.6 Å².